The van der Waals surface area contributed by atoms with Gasteiger partial charge >= 0.3 is 0 Å². The molecule has 0 aliphatic heterocycles. The van der Waals surface area contributed by atoms with Crippen molar-refractivity contribution < 1.29 is 9.13 Å². The van der Waals surface area contributed by atoms with Gasteiger partial charge in [-0.15, -0.1) is 0 Å². The quantitative estimate of drug-likeness (QED) is 0.380. The zero-order valence-corrected chi connectivity index (χ0v) is 16.7. The van der Waals surface area contributed by atoms with Crippen LogP contribution in [-0.4, -0.2) is 30.9 Å². The molecule has 0 spiro atoms. The Morgan fingerprint density at radius 3 is 2.73 bits per heavy atom. The predicted octanol–water partition coefficient (Wildman–Crippen LogP) is 4.45. The van der Waals surface area contributed by atoms with E-state index in [1.54, 1.807) is 24.4 Å². The normalized spacial score (nSPS) is 11.0. The highest BCUT2D eigenvalue weighted by atomic mass is 19.1. The molecular formula is C22H21FN6O. The average molecular weight is 404 g/mol. The Bertz CT molecular complexity index is 1260. The number of fused-ring (bicyclic) bond motifs is 1. The van der Waals surface area contributed by atoms with Crippen LogP contribution in [0.1, 0.15) is 25.2 Å². The highest BCUT2D eigenvalue weighted by Crippen LogP contribution is 2.23. The molecule has 2 N–H and O–H groups in total. The summed E-state index contributed by atoms with van der Waals surface area (Å²) in [5, 5.41) is 15.4. The molecule has 30 heavy (non-hydrogen) atoms. The van der Waals surface area contributed by atoms with Crippen LogP contribution in [0.4, 0.5) is 4.39 Å². The Kier molecular flexibility index (Phi) is 5.14. The van der Waals surface area contributed by atoms with Gasteiger partial charge in [-0.3, -0.25) is 10.8 Å². The van der Waals surface area contributed by atoms with Crippen molar-refractivity contribution in [3.8, 4) is 11.4 Å². The molecule has 4 rings (SSSR count). The third-order valence-electron chi connectivity index (χ3n) is 4.77. The van der Waals surface area contributed by atoms with Crippen LogP contribution >= 0.6 is 0 Å². The Labute approximate surface area is 172 Å². The van der Waals surface area contributed by atoms with Crippen LogP contribution in [-0.2, 0) is 17.8 Å². The topological polar surface area (TPSA) is 92.6 Å². The van der Waals surface area contributed by atoms with Crippen LogP contribution in [0.15, 0.2) is 54.9 Å². The SMILES string of the molecule is CCn1c(Cn2ccnc2-c2cccc(F)c2)nc2cc(C(=N)OC(C)=N)ccc21. The summed E-state index contributed by atoms with van der Waals surface area (Å²) in [6.07, 6.45) is 3.54. The maximum atomic E-state index is 13.7. The van der Waals surface area contributed by atoms with E-state index >= 15 is 0 Å². The number of hydrogen-bond acceptors (Lipinski definition) is 5. The van der Waals surface area contributed by atoms with Crippen molar-refractivity contribution in [2.45, 2.75) is 26.9 Å². The summed E-state index contributed by atoms with van der Waals surface area (Å²) in [5.41, 5.74) is 2.95. The number of nitrogens with one attached hydrogen (secondary N) is 2. The molecule has 0 saturated carbocycles. The minimum absolute atomic E-state index is 0.0372. The summed E-state index contributed by atoms with van der Waals surface area (Å²) >= 11 is 0. The third kappa shape index (κ3) is 3.71. The number of aromatic nitrogens is 4. The van der Waals surface area contributed by atoms with Crippen molar-refractivity contribution in [1.82, 2.24) is 19.1 Å². The lowest BCUT2D eigenvalue weighted by Crippen LogP contribution is -2.09. The lowest BCUT2D eigenvalue weighted by Gasteiger charge is -2.10. The van der Waals surface area contributed by atoms with Gasteiger partial charge in [-0.05, 0) is 37.3 Å². The second kappa shape index (κ2) is 7.90. The molecule has 8 heteroatoms. The van der Waals surface area contributed by atoms with Gasteiger partial charge < -0.3 is 13.9 Å². The summed E-state index contributed by atoms with van der Waals surface area (Å²) in [7, 11) is 0. The maximum absolute atomic E-state index is 13.7. The first-order chi connectivity index (χ1) is 14.5. The molecular weight excluding hydrogens is 383 g/mol. The van der Waals surface area contributed by atoms with Crippen molar-refractivity contribution in [2.24, 2.45) is 0 Å². The van der Waals surface area contributed by atoms with Crippen LogP contribution < -0.4 is 0 Å². The zero-order valence-electron chi connectivity index (χ0n) is 16.7. The molecule has 0 aliphatic rings. The van der Waals surface area contributed by atoms with Gasteiger partial charge in [0.2, 0.25) is 5.90 Å². The van der Waals surface area contributed by atoms with Gasteiger partial charge in [-0.25, -0.2) is 14.4 Å². The van der Waals surface area contributed by atoms with E-state index in [1.165, 1.54) is 19.1 Å². The minimum Gasteiger partial charge on any atom is -0.426 e. The number of hydrogen-bond donors (Lipinski definition) is 2. The van der Waals surface area contributed by atoms with E-state index in [0.717, 1.165) is 23.4 Å². The molecule has 2 aromatic heterocycles. The summed E-state index contributed by atoms with van der Waals surface area (Å²) in [4.78, 5) is 9.16. The van der Waals surface area contributed by atoms with Gasteiger partial charge in [0, 0.05) is 37.0 Å². The zero-order chi connectivity index (χ0) is 21.3. The standard InChI is InChI=1S/C22H21FN6O/c1-3-29-19-8-7-15(21(25)30-14(2)24)12-18(19)27-20(29)13-28-10-9-26-22(28)16-5-4-6-17(23)11-16/h4-12,24-25H,3,13H2,1-2H3. The van der Waals surface area contributed by atoms with Gasteiger partial charge in [0.25, 0.3) is 0 Å². The Morgan fingerprint density at radius 2 is 2.00 bits per heavy atom. The Hall–Kier alpha value is -3.81. The van der Waals surface area contributed by atoms with Gasteiger partial charge in [0.15, 0.2) is 5.90 Å². The Balaban J connectivity index is 1.71. The highest BCUT2D eigenvalue weighted by Gasteiger charge is 2.15. The maximum Gasteiger partial charge on any atom is 0.220 e. The fourth-order valence-corrected chi connectivity index (χ4v) is 3.48. The summed E-state index contributed by atoms with van der Waals surface area (Å²) < 4.78 is 22.8. The monoisotopic (exact) mass is 404 g/mol. The minimum atomic E-state index is -0.305. The van der Waals surface area contributed by atoms with E-state index in [4.69, 9.17) is 20.5 Å². The van der Waals surface area contributed by atoms with Crippen molar-refractivity contribution in [3.05, 3.63) is 72.1 Å². The summed E-state index contributed by atoms with van der Waals surface area (Å²) in [6.45, 7) is 4.72. The highest BCUT2D eigenvalue weighted by molar-refractivity contribution is 6.00. The van der Waals surface area contributed by atoms with E-state index in [-0.39, 0.29) is 17.6 Å². The number of imidazole rings is 2. The number of ether oxygens (including phenoxy) is 1. The molecule has 0 saturated heterocycles. The van der Waals surface area contributed by atoms with Crippen LogP contribution in [0.25, 0.3) is 22.4 Å². The first kappa shape index (κ1) is 19.5. The van der Waals surface area contributed by atoms with Crippen LogP contribution in [0, 0.1) is 16.6 Å². The van der Waals surface area contributed by atoms with Gasteiger partial charge in [0.05, 0.1) is 17.6 Å². The molecule has 2 heterocycles. The number of rotatable bonds is 5. The molecule has 0 fully saturated rings. The van der Waals surface area contributed by atoms with Crippen molar-refractivity contribution >= 4 is 22.8 Å². The fourth-order valence-electron chi connectivity index (χ4n) is 3.48. The largest absolute Gasteiger partial charge is 0.426 e. The average Bonchev–Trinajstić information content (AvgIpc) is 3.30. The lowest BCUT2D eigenvalue weighted by molar-refractivity contribution is 0.532. The number of nitrogens with zero attached hydrogens (tertiary/aromatic N) is 4. The van der Waals surface area contributed by atoms with E-state index in [0.29, 0.717) is 23.5 Å². The molecule has 7 nitrogen and oxygen atoms in total. The van der Waals surface area contributed by atoms with E-state index in [9.17, 15) is 4.39 Å². The third-order valence-corrected chi connectivity index (χ3v) is 4.77. The van der Waals surface area contributed by atoms with Gasteiger partial charge in [-0.1, -0.05) is 12.1 Å². The van der Waals surface area contributed by atoms with E-state index in [1.807, 2.05) is 29.8 Å². The smallest absolute Gasteiger partial charge is 0.220 e. The van der Waals surface area contributed by atoms with Crippen LogP contribution in [0.3, 0.4) is 0 Å². The molecule has 0 radical (unpaired) electrons. The first-order valence-electron chi connectivity index (χ1n) is 9.54. The second-order valence-corrected chi connectivity index (χ2v) is 6.85. The fraction of sp³-hybridized carbons (Fsp3) is 0.182. The van der Waals surface area contributed by atoms with Crippen molar-refractivity contribution in [3.63, 3.8) is 0 Å². The summed E-state index contributed by atoms with van der Waals surface area (Å²) in [6, 6.07) is 11.9. The van der Waals surface area contributed by atoms with Gasteiger partial charge in [-0.2, -0.15) is 0 Å². The molecule has 0 amide bonds. The number of halogens is 1. The van der Waals surface area contributed by atoms with Crippen LogP contribution in [0.5, 0.6) is 0 Å². The molecule has 4 aromatic rings. The van der Waals surface area contributed by atoms with Crippen molar-refractivity contribution in [2.75, 3.05) is 0 Å². The second-order valence-electron chi connectivity index (χ2n) is 6.85. The molecule has 0 atom stereocenters. The molecule has 0 unspecified atom stereocenters. The Morgan fingerprint density at radius 1 is 1.17 bits per heavy atom. The van der Waals surface area contributed by atoms with E-state index < -0.39 is 0 Å². The van der Waals surface area contributed by atoms with Gasteiger partial charge in [0.1, 0.15) is 17.5 Å². The lowest BCUT2D eigenvalue weighted by atomic mass is 10.2. The first-order valence-corrected chi connectivity index (χ1v) is 9.54. The molecule has 2 aromatic carbocycles. The molecule has 0 bridgehead atoms. The molecule has 152 valence electrons. The summed E-state index contributed by atoms with van der Waals surface area (Å²) in [5.74, 6) is 1.07. The van der Waals surface area contributed by atoms with Crippen LogP contribution in [0.2, 0.25) is 0 Å². The van der Waals surface area contributed by atoms with Crippen molar-refractivity contribution in [1.29, 1.82) is 10.8 Å². The molecule has 0 aliphatic carbocycles. The number of benzene rings is 2. The predicted molar refractivity (Wildman–Crippen MR) is 113 cm³/mol. The number of aryl methyl sites for hydroxylation is 1. The van der Waals surface area contributed by atoms with E-state index in [2.05, 4.69) is 9.55 Å².